The lowest BCUT2D eigenvalue weighted by Crippen LogP contribution is -2.44. The Bertz CT molecular complexity index is 1060. The number of carbonyl (C=O) groups is 1. The molecule has 1 saturated carbocycles. The quantitative estimate of drug-likeness (QED) is 0.666. The third kappa shape index (κ3) is 5.34. The van der Waals surface area contributed by atoms with E-state index in [4.69, 9.17) is 4.98 Å². The van der Waals surface area contributed by atoms with Crippen LogP contribution in [0.3, 0.4) is 0 Å². The molecule has 2 aliphatic heterocycles. The minimum atomic E-state index is 0.298. The molecule has 2 aromatic rings. The molecule has 3 aliphatic rings. The molecule has 1 aliphatic carbocycles. The molecule has 8 nitrogen and oxygen atoms in total. The van der Waals surface area contributed by atoms with E-state index in [2.05, 4.69) is 37.4 Å². The maximum Gasteiger partial charge on any atom is 0.234 e. The van der Waals surface area contributed by atoms with Gasteiger partial charge in [0.1, 0.15) is 11.6 Å². The summed E-state index contributed by atoms with van der Waals surface area (Å²) in [6, 6.07) is 8.13. The molecule has 9 heteroatoms. The number of benzene rings is 1. The highest BCUT2D eigenvalue weighted by Gasteiger charge is 2.29. The van der Waals surface area contributed by atoms with E-state index in [0.717, 1.165) is 55.3 Å². The molecule has 2 N–H and O–H groups in total. The van der Waals surface area contributed by atoms with Gasteiger partial charge in [0.15, 0.2) is 5.16 Å². The van der Waals surface area contributed by atoms with E-state index < -0.39 is 0 Å². The van der Waals surface area contributed by atoms with E-state index in [0.29, 0.717) is 41.7 Å². The topological polar surface area (TPSA) is 95.4 Å². The van der Waals surface area contributed by atoms with Gasteiger partial charge in [0, 0.05) is 43.4 Å². The van der Waals surface area contributed by atoms with Gasteiger partial charge in [-0.25, -0.2) is 0 Å². The average molecular weight is 450 g/mol. The number of aliphatic imine (C=N–C) groups is 1. The lowest BCUT2D eigenvalue weighted by atomic mass is 10.1. The molecule has 0 amide bonds. The summed E-state index contributed by atoms with van der Waals surface area (Å²) in [5.41, 5.74) is 2.27. The number of Topliss-reactive ketones (excluding diaryl/α,β-unsaturated/α-hetero) is 1. The molecule has 0 bridgehead atoms. The highest BCUT2D eigenvalue weighted by Crippen LogP contribution is 2.32. The summed E-state index contributed by atoms with van der Waals surface area (Å²) < 4.78 is 0. The van der Waals surface area contributed by atoms with Gasteiger partial charge in [-0.1, -0.05) is 12.1 Å². The fourth-order valence-electron chi connectivity index (χ4n) is 3.71. The SMILES string of the molecule is CC1=CC(Nc2nc(Sc3ccc(CC(=O)C4CC4)cc3)nc(N3CCNCC3)n2)=NC1. The van der Waals surface area contributed by atoms with Crippen molar-refractivity contribution < 1.29 is 4.79 Å². The zero-order valence-corrected chi connectivity index (χ0v) is 19.0. The van der Waals surface area contributed by atoms with Crippen molar-refractivity contribution >= 4 is 35.3 Å². The van der Waals surface area contributed by atoms with Gasteiger partial charge in [0.25, 0.3) is 0 Å². The number of carbonyl (C=O) groups excluding carboxylic acids is 1. The van der Waals surface area contributed by atoms with E-state index in [9.17, 15) is 4.79 Å². The van der Waals surface area contributed by atoms with Crippen LogP contribution in [0.2, 0.25) is 0 Å². The first-order valence-corrected chi connectivity index (χ1v) is 11.9. The number of nitrogens with zero attached hydrogens (tertiary/aromatic N) is 5. The van der Waals surface area contributed by atoms with Gasteiger partial charge in [-0.2, -0.15) is 15.0 Å². The second-order valence-corrected chi connectivity index (χ2v) is 9.50. The molecule has 2 fully saturated rings. The van der Waals surface area contributed by atoms with Crippen molar-refractivity contribution in [2.24, 2.45) is 10.9 Å². The summed E-state index contributed by atoms with van der Waals surface area (Å²) in [5.74, 6) is 2.62. The van der Waals surface area contributed by atoms with Crippen LogP contribution in [-0.4, -0.2) is 59.3 Å². The highest BCUT2D eigenvalue weighted by molar-refractivity contribution is 7.99. The van der Waals surface area contributed by atoms with Crippen LogP contribution < -0.4 is 15.5 Å². The van der Waals surface area contributed by atoms with Crippen molar-refractivity contribution in [3.05, 3.63) is 41.5 Å². The van der Waals surface area contributed by atoms with E-state index in [1.807, 2.05) is 30.3 Å². The largest absolute Gasteiger partial charge is 0.338 e. The molecule has 0 spiro atoms. The summed E-state index contributed by atoms with van der Waals surface area (Å²) in [6.07, 6.45) is 4.65. The van der Waals surface area contributed by atoms with Crippen LogP contribution in [0, 0.1) is 5.92 Å². The molecule has 1 saturated heterocycles. The Morgan fingerprint density at radius 3 is 2.62 bits per heavy atom. The second-order valence-electron chi connectivity index (χ2n) is 8.46. The smallest absolute Gasteiger partial charge is 0.234 e. The maximum atomic E-state index is 12.1. The van der Waals surface area contributed by atoms with Crippen molar-refractivity contribution in [2.45, 2.75) is 36.2 Å². The zero-order valence-electron chi connectivity index (χ0n) is 18.2. The van der Waals surface area contributed by atoms with Crippen molar-refractivity contribution in [2.75, 3.05) is 42.9 Å². The zero-order chi connectivity index (χ0) is 21.9. The van der Waals surface area contributed by atoms with E-state index >= 15 is 0 Å². The summed E-state index contributed by atoms with van der Waals surface area (Å²) in [7, 11) is 0. The molecule has 0 unspecified atom stereocenters. The van der Waals surface area contributed by atoms with Crippen LogP contribution in [0.15, 0.2) is 51.0 Å². The lowest BCUT2D eigenvalue weighted by molar-refractivity contribution is -0.119. The van der Waals surface area contributed by atoms with Crippen molar-refractivity contribution in [3.8, 4) is 0 Å². The van der Waals surface area contributed by atoms with E-state index in [1.54, 1.807) is 0 Å². The monoisotopic (exact) mass is 449 g/mol. The second kappa shape index (κ2) is 9.38. The Labute approximate surface area is 192 Å². The number of hydrogen-bond donors (Lipinski definition) is 2. The molecule has 1 aromatic carbocycles. The Morgan fingerprint density at radius 1 is 1.16 bits per heavy atom. The number of rotatable bonds is 7. The van der Waals surface area contributed by atoms with Crippen LogP contribution in [0.1, 0.15) is 25.3 Å². The number of piperazine rings is 1. The van der Waals surface area contributed by atoms with Crippen LogP contribution >= 0.6 is 11.8 Å². The maximum absolute atomic E-state index is 12.1. The molecule has 0 atom stereocenters. The van der Waals surface area contributed by atoms with E-state index in [-0.39, 0.29) is 0 Å². The molecular formula is C23H27N7OS. The predicted octanol–water partition coefficient (Wildman–Crippen LogP) is 2.72. The van der Waals surface area contributed by atoms with Crippen molar-refractivity contribution in [1.29, 1.82) is 0 Å². The average Bonchev–Trinajstić information content (AvgIpc) is 3.58. The molecule has 32 heavy (non-hydrogen) atoms. The van der Waals surface area contributed by atoms with Gasteiger partial charge in [0.05, 0.1) is 6.54 Å². The van der Waals surface area contributed by atoms with Crippen LogP contribution in [-0.2, 0) is 11.2 Å². The molecule has 3 heterocycles. The van der Waals surface area contributed by atoms with Gasteiger partial charge in [-0.15, -0.1) is 0 Å². The first-order chi connectivity index (χ1) is 15.6. The van der Waals surface area contributed by atoms with Crippen molar-refractivity contribution in [1.82, 2.24) is 20.3 Å². The lowest BCUT2D eigenvalue weighted by Gasteiger charge is -2.27. The summed E-state index contributed by atoms with van der Waals surface area (Å²) in [6.45, 7) is 6.30. The number of amidine groups is 1. The summed E-state index contributed by atoms with van der Waals surface area (Å²) in [5, 5.41) is 7.24. The molecule has 5 rings (SSSR count). The van der Waals surface area contributed by atoms with Gasteiger partial charge in [-0.05, 0) is 60.9 Å². The number of anilines is 2. The minimum Gasteiger partial charge on any atom is -0.338 e. The van der Waals surface area contributed by atoms with E-state index in [1.165, 1.54) is 17.3 Å². The molecular weight excluding hydrogens is 422 g/mol. The van der Waals surface area contributed by atoms with Crippen LogP contribution in [0.25, 0.3) is 0 Å². The molecule has 0 radical (unpaired) electrons. The normalized spacial score (nSPS) is 18.3. The number of hydrogen-bond acceptors (Lipinski definition) is 9. The number of aromatic nitrogens is 3. The number of nitrogens with one attached hydrogen (secondary N) is 2. The van der Waals surface area contributed by atoms with Gasteiger partial charge in [-0.3, -0.25) is 9.79 Å². The van der Waals surface area contributed by atoms with Gasteiger partial charge >= 0.3 is 0 Å². The number of ketones is 1. The first kappa shape index (κ1) is 21.1. The third-order valence-electron chi connectivity index (χ3n) is 5.67. The standard InChI is InChI=1S/C23H27N7OS/c1-15-12-20(25-14-15)26-21-27-22(30-10-8-24-9-11-30)29-23(28-21)32-18-6-2-16(3-7-18)13-19(31)17-4-5-17/h2-3,6-7,12,17,24H,4-5,8-11,13-14H2,1H3,(H,25,26,27,28,29). The van der Waals surface area contributed by atoms with Gasteiger partial charge < -0.3 is 15.5 Å². The fourth-order valence-corrected chi connectivity index (χ4v) is 4.45. The highest BCUT2D eigenvalue weighted by atomic mass is 32.2. The van der Waals surface area contributed by atoms with Crippen molar-refractivity contribution in [3.63, 3.8) is 0 Å². The Kier molecular flexibility index (Phi) is 6.18. The summed E-state index contributed by atoms with van der Waals surface area (Å²) >= 11 is 1.50. The third-order valence-corrected chi connectivity index (χ3v) is 6.54. The van der Waals surface area contributed by atoms with Gasteiger partial charge in [0.2, 0.25) is 11.9 Å². The Balaban J connectivity index is 1.34. The van der Waals surface area contributed by atoms with Crippen LogP contribution in [0.4, 0.5) is 11.9 Å². The first-order valence-electron chi connectivity index (χ1n) is 11.1. The molecule has 166 valence electrons. The fraction of sp³-hybridized carbons (Fsp3) is 0.435. The Hall–Kier alpha value is -2.78. The predicted molar refractivity (Wildman–Crippen MR) is 127 cm³/mol. The Morgan fingerprint density at radius 2 is 1.94 bits per heavy atom. The van der Waals surface area contributed by atoms with Crippen LogP contribution in [0.5, 0.6) is 0 Å². The summed E-state index contributed by atoms with van der Waals surface area (Å²) in [4.78, 5) is 33.8. The molecule has 1 aromatic heterocycles. The minimum absolute atomic E-state index is 0.298.